The Hall–Kier alpha value is -2.64. The number of benzene rings is 2. The number of fused-ring (bicyclic) bond motifs is 1. The Labute approximate surface area is 148 Å². The fraction of sp³-hybridized carbons (Fsp3) is 0.211. The van der Waals surface area contributed by atoms with E-state index in [0.29, 0.717) is 11.1 Å². The minimum absolute atomic E-state index is 0.0398. The quantitative estimate of drug-likeness (QED) is 0.804. The fourth-order valence-electron chi connectivity index (χ4n) is 2.79. The molecule has 2 N–H and O–H groups in total. The Morgan fingerprint density at radius 1 is 1.04 bits per heavy atom. The Kier molecular flexibility index (Phi) is 6.18. The summed E-state index contributed by atoms with van der Waals surface area (Å²) >= 11 is 0. The highest BCUT2D eigenvalue weighted by molar-refractivity contribution is 6.19. The van der Waals surface area contributed by atoms with Gasteiger partial charge in [0.1, 0.15) is 5.76 Å². The standard InChI is InChI=1S/C18H13F3O3.CH4O/c1-24-15(9-6-13(19)16(21)14(20)7-9)8-12-17(22)10-4-2-3-5-11(10)18(12)23;1-2/h2-7,15,22H,8H2,1H3;2H,1H3. The number of rotatable bonds is 4. The number of halogens is 3. The molecule has 0 amide bonds. The van der Waals surface area contributed by atoms with Crippen molar-refractivity contribution in [2.45, 2.75) is 12.5 Å². The van der Waals surface area contributed by atoms with Crippen LogP contribution in [0.2, 0.25) is 0 Å². The molecular weight excluding hydrogens is 349 g/mol. The van der Waals surface area contributed by atoms with Gasteiger partial charge in [-0.3, -0.25) is 4.79 Å². The van der Waals surface area contributed by atoms with Gasteiger partial charge in [0.2, 0.25) is 0 Å². The zero-order chi connectivity index (χ0) is 19.4. The second-order valence-electron chi connectivity index (χ2n) is 5.43. The zero-order valence-corrected chi connectivity index (χ0v) is 14.1. The fourth-order valence-corrected chi connectivity index (χ4v) is 2.79. The molecule has 1 unspecified atom stereocenters. The van der Waals surface area contributed by atoms with E-state index in [1.165, 1.54) is 7.11 Å². The molecule has 4 nitrogen and oxygen atoms in total. The van der Waals surface area contributed by atoms with E-state index in [1.807, 2.05) is 0 Å². The van der Waals surface area contributed by atoms with Crippen LogP contribution in [0.4, 0.5) is 13.2 Å². The molecule has 2 aromatic rings. The van der Waals surface area contributed by atoms with Gasteiger partial charge in [0.15, 0.2) is 23.2 Å². The lowest BCUT2D eigenvalue weighted by Crippen LogP contribution is -2.09. The van der Waals surface area contributed by atoms with Gasteiger partial charge in [-0.1, -0.05) is 24.3 Å². The molecule has 3 rings (SSSR count). The second-order valence-corrected chi connectivity index (χ2v) is 5.43. The van der Waals surface area contributed by atoms with E-state index in [4.69, 9.17) is 9.84 Å². The van der Waals surface area contributed by atoms with E-state index >= 15 is 0 Å². The molecule has 0 saturated heterocycles. The molecule has 0 aliphatic heterocycles. The lowest BCUT2D eigenvalue weighted by atomic mass is 9.98. The number of methoxy groups -OCH3 is 1. The number of hydrogen-bond donors (Lipinski definition) is 2. The average Bonchev–Trinajstić information content (AvgIpc) is 2.90. The summed E-state index contributed by atoms with van der Waals surface area (Å²) in [5, 5.41) is 17.3. The third-order valence-electron chi connectivity index (χ3n) is 4.04. The molecule has 1 atom stereocenters. The van der Waals surface area contributed by atoms with Gasteiger partial charge < -0.3 is 14.9 Å². The zero-order valence-electron chi connectivity index (χ0n) is 14.1. The van der Waals surface area contributed by atoms with Crippen LogP contribution in [0.25, 0.3) is 5.76 Å². The third kappa shape index (κ3) is 3.49. The number of carbonyl (C=O) groups is 1. The maximum Gasteiger partial charge on any atom is 0.194 e. The first-order chi connectivity index (χ1) is 12.4. The first-order valence-electron chi connectivity index (χ1n) is 7.62. The van der Waals surface area contributed by atoms with Gasteiger partial charge in [0.25, 0.3) is 0 Å². The van der Waals surface area contributed by atoms with Crippen LogP contribution in [-0.2, 0) is 4.74 Å². The largest absolute Gasteiger partial charge is 0.507 e. The molecule has 2 aromatic carbocycles. The molecule has 138 valence electrons. The smallest absolute Gasteiger partial charge is 0.194 e. The molecule has 0 fully saturated rings. The van der Waals surface area contributed by atoms with Crippen molar-refractivity contribution in [2.75, 3.05) is 14.2 Å². The highest BCUT2D eigenvalue weighted by atomic mass is 19.2. The van der Waals surface area contributed by atoms with Crippen LogP contribution in [0.1, 0.15) is 34.0 Å². The van der Waals surface area contributed by atoms with Crippen molar-refractivity contribution in [2.24, 2.45) is 0 Å². The lowest BCUT2D eigenvalue weighted by Gasteiger charge is -2.16. The number of ketones is 1. The van der Waals surface area contributed by atoms with E-state index in [-0.39, 0.29) is 29.1 Å². The van der Waals surface area contributed by atoms with E-state index in [2.05, 4.69) is 0 Å². The van der Waals surface area contributed by atoms with Gasteiger partial charge in [-0.2, -0.15) is 0 Å². The monoisotopic (exact) mass is 366 g/mol. The first kappa shape index (κ1) is 19.7. The van der Waals surface area contributed by atoms with E-state index in [9.17, 15) is 23.1 Å². The topological polar surface area (TPSA) is 66.8 Å². The Balaban J connectivity index is 0.00000117. The van der Waals surface area contributed by atoms with Crippen LogP contribution in [0.5, 0.6) is 0 Å². The van der Waals surface area contributed by atoms with Crippen molar-refractivity contribution in [3.63, 3.8) is 0 Å². The van der Waals surface area contributed by atoms with E-state index in [0.717, 1.165) is 19.2 Å². The van der Waals surface area contributed by atoms with Crippen LogP contribution >= 0.6 is 0 Å². The lowest BCUT2D eigenvalue weighted by molar-refractivity contribution is 0.0922. The minimum atomic E-state index is -1.57. The minimum Gasteiger partial charge on any atom is -0.507 e. The highest BCUT2D eigenvalue weighted by Crippen LogP contribution is 2.37. The maximum absolute atomic E-state index is 13.4. The normalized spacial score (nSPS) is 14.0. The predicted octanol–water partition coefficient (Wildman–Crippen LogP) is 3.96. The van der Waals surface area contributed by atoms with Crippen molar-refractivity contribution in [3.8, 4) is 0 Å². The Morgan fingerprint density at radius 3 is 2.08 bits per heavy atom. The number of carbonyl (C=O) groups excluding carboxylic acids is 1. The summed E-state index contributed by atoms with van der Waals surface area (Å²) in [6, 6.07) is 8.18. The summed E-state index contributed by atoms with van der Waals surface area (Å²) in [6.45, 7) is 0. The van der Waals surface area contributed by atoms with Gasteiger partial charge in [0.05, 0.1) is 6.10 Å². The number of hydrogen-bond acceptors (Lipinski definition) is 4. The van der Waals surface area contributed by atoms with Gasteiger partial charge in [-0.05, 0) is 17.7 Å². The van der Waals surface area contributed by atoms with E-state index in [1.54, 1.807) is 24.3 Å². The van der Waals surface area contributed by atoms with Crippen molar-refractivity contribution < 1.29 is 32.9 Å². The summed E-state index contributed by atoms with van der Waals surface area (Å²) < 4.78 is 45.1. The predicted molar refractivity (Wildman–Crippen MR) is 89.1 cm³/mol. The Bertz CT molecular complexity index is 839. The van der Waals surface area contributed by atoms with Crippen LogP contribution in [0, 0.1) is 17.5 Å². The summed E-state index contributed by atoms with van der Waals surface area (Å²) in [7, 11) is 2.30. The first-order valence-corrected chi connectivity index (χ1v) is 7.62. The van der Waals surface area contributed by atoms with Crippen molar-refractivity contribution >= 4 is 11.5 Å². The number of aliphatic hydroxyl groups is 2. The Morgan fingerprint density at radius 2 is 1.58 bits per heavy atom. The second kappa shape index (κ2) is 8.16. The summed E-state index contributed by atoms with van der Waals surface area (Å²) in [6.07, 6.45) is -1.01. The molecule has 1 aliphatic rings. The highest BCUT2D eigenvalue weighted by Gasteiger charge is 2.31. The van der Waals surface area contributed by atoms with Gasteiger partial charge in [-0.15, -0.1) is 0 Å². The molecule has 0 spiro atoms. The number of ether oxygens (including phenoxy) is 1. The molecule has 1 aliphatic carbocycles. The van der Waals surface area contributed by atoms with Gasteiger partial charge in [0, 0.05) is 37.3 Å². The summed E-state index contributed by atoms with van der Waals surface area (Å²) in [4.78, 5) is 12.4. The SMILES string of the molecule is CO.COC(CC1=C(O)c2ccccc2C1=O)c1cc(F)c(F)c(F)c1. The van der Waals surface area contributed by atoms with Gasteiger partial charge in [-0.25, -0.2) is 13.2 Å². The van der Waals surface area contributed by atoms with Crippen molar-refractivity contribution in [1.29, 1.82) is 0 Å². The number of Topliss-reactive ketones (excluding diaryl/α,β-unsaturated/α-hetero) is 1. The van der Waals surface area contributed by atoms with Crippen LogP contribution in [-0.4, -0.2) is 30.2 Å². The molecule has 0 radical (unpaired) electrons. The molecule has 0 heterocycles. The maximum atomic E-state index is 13.4. The molecule has 0 bridgehead atoms. The van der Waals surface area contributed by atoms with Crippen molar-refractivity contribution in [1.82, 2.24) is 0 Å². The third-order valence-corrected chi connectivity index (χ3v) is 4.04. The number of aliphatic hydroxyl groups excluding tert-OH is 2. The molecule has 26 heavy (non-hydrogen) atoms. The van der Waals surface area contributed by atoms with Crippen LogP contribution in [0.15, 0.2) is 42.0 Å². The van der Waals surface area contributed by atoms with Gasteiger partial charge >= 0.3 is 0 Å². The summed E-state index contributed by atoms with van der Waals surface area (Å²) in [5.41, 5.74) is 0.895. The van der Waals surface area contributed by atoms with Crippen LogP contribution in [0.3, 0.4) is 0 Å². The summed E-state index contributed by atoms with van der Waals surface area (Å²) in [5.74, 6) is -4.80. The van der Waals surface area contributed by atoms with Crippen LogP contribution < -0.4 is 0 Å². The molecule has 0 saturated carbocycles. The van der Waals surface area contributed by atoms with Crippen molar-refractivity contribution in [3.05, 3.63) is 76.1 Å². The molecular formula is C19H17F3O4. The average molecular weight is 366 g/mol. The molecule has 7 heteroatoms. The molecule has 0 aromatic heterocycles. The van der Waals surface area contributed by atoms with E-state index < -0.39 is 23.6 Å².